The van der Waals surface area contributed by atoms with Gasteiger partial charge in [0.2, 0.25) is 0 Å². The van der Waals surface area contributed by atoms with Crippen LogP contribution >= 0.6 is 0 Å². The van der Waals surface area contributed by atoms with Crippen molar-refractivity contribution in [3.63, 3.8) is 0 Å². The fourth-order valence-electron chi connectivity index (χ4n) is 1.10. The molecule has 0 heterocycles. The van der Waals surface area contributed by atoms with Crippen LogP contribution in [0.2, 0.25) is 0 Å². The summed E-state index contributed by atoms with van der Waals surface area (Å²) < 4.78 is 5.29. The summed E-state index contributed by atoms with van der Waals surface area (Å²) in [5.41, 5.74) is 5.13. The second kappa shape index (κ2) is 5.19. The average molecular weight is 187 g/mol. The van der Waals surface area contributed by atoms with Gasteiger partial charge in [0.05, 0.1) is 11.4 Å². The van der Waals surface area contributed by atoms with E-state index in [4.69, 9.17) is 15.9 Å². The molecule has 0 aromatic rings. The van der Waals surface area contributed by atoms with E-state index in [1.807, 2.05) is 20.9 Å². The zero-order valence-electron chi connectivity index (χ0n) is 9.05. The van der Waals surface area contributed by atoms with Crippen LogP contribution in [0.1, 0.15) is 20.3 Å². The Morgan fingerprint density at radius 2 is 2.08 bits per heavy atom. The van der Waals surface area contributed by atoms with E-state index in [1.54, 1.807) is 7.11 Å². The first-order chi connectivity index (χ1) is 5.87. The number of hydrogen-bond acceptors (Lipinski definition) is 3. The zero-order valence-corrected chi connectivity index (χ0v) is 9.05. The summed E-state index contributed by atoms with van der Waals surface area (Å²) in [6.07, 6.45) is 0.621. The second-order valence-electron chi connectivity index (χ2n) is 3.98. The Kier molecular flexibility index (Phi) is 4.95. The molecule has 0 rings (SSSR count). The maximum atomic E-state index is 7.08. The third kappa shape index (κ3) is 6.54. The molecular formula is C9H21N3O. The predicted molar refractivity (Wildman–Crippen MR) is 55.1 cm³/mol. The molecule has 4 heteroatoms. The van der Waals surface area contributed by atoms with E-state index < -0.39 is 0 Å². The van der Waals surface area contributed by atoms with Gasteiger partial charge >= 0.3 is 0 Å². The Labute approximate surface area is 80.6 Å². The van der Waals surface area contributed by atoms with E-state index >= 15 is 0 Å². The number of rotatable bonds is 6. The Hall–Kier alpha value is -0.610. The minimum absolute atomic E-state index is 0.133. The van der Waals surface area contributed by atoms with Gasteiger partial charge in [-0.2, -0.15) is 0 Å². The van der Waals surface area contributed by atoms with Gasteiger partial charge in [0.25, 0.3) is 0 Å². The topological polar surface area (TPSA) is 62.3 Å². The highest BCUT2D eigenvalue weighted by molar-refractivity contribution is 5.76. The van der Waals surface area contributed by atoms with Gasteiger partial charge in [-0.05, 0) is 20.9 Å². The zero-order chi connectivity index (χ0) is 10.5. The summed E-state index contributed by atoms with van der Waals surface area (Å²) in [6.45, 7) is 5.73. The van der Waals surface area contributed by atoms with Crippen molar-refractivity contribution in [1.29, 1.82) is 5.41 Å². The van der Waals surface area contributed by atoms with Crippen LogP contribution < -0.4 is 5.73 Å². The molecule has 0 amide bonds. The predicted octanol–water partition coefficient (Wildman–Crippen LogP) is 0.669. The Bertz CT molecular complexity index is 168. The van der Waals surface area contributed by atoms with Crippen molar-refractivity contribution in [2.75, 3.05) is 27.2 Å². The second-order valence-corrected chi connectivity index (χ2v) is 3.98. The molecule has 0 aromatic heterocycles. The number of methoxy groups -OCH3 is 1. The summed E-state index contributed by atoms with van der Waals surface area (Å²) >= 11 is 0. The smallest absolute Gasteiger partial charge is 0.0918 e. The lowest BCUT2D eigenvalue weighted by atomic mass is 10.1. The largest absolute Gasteiger partial charge is 0.388 e. The molecule has 0 aromatic carbocycles. The normalized spacial score (nSPS) is 12.1. The van der Waals surface area contributed by atoms with Gasteiger partial charge in [0, 0.05) is 26.6 Å². The summed E-state index contributed by atoms with van der Waals surface area (Å²) in [6, 6.07) is 0. The van der Waals surface area contributed by atoms with Crippen molar-refractivity contribution >= 4 is 5.84 Å². The van der Waals surface area contributed by atoms with Crippen molar-refractivity contribution in [2.45, 2.75) is 25.9 Å². The van der Waals surface area contributed by atoms with Crippen LogP contribution in [0.4, 0.5) is 0 Å². The molecule has 0 saturated carbocycles. The molecule has 0 unspecified atom stereocenters. The first-order valence-electron chi connectivity index (χ1n) is 4.44. The fourth-order valence-corrected chi connectivity index (χ4v) is 1.10. The third-order valence-electron chi connectivity index (χ3n) is 1.97. The minimum Gasteiger partial charge on any atom is -0.388 e. The van der Waals surface area contributed by atoms with E-state index in [0.29, 0.717) is 6.42 Å². The Morgan fingerprint density at radius 1 is 1.54 bits per heavy atom. The number of nitrogens with two attached hydrogens (primary N) is 1. The van der Waals surface area contributed by atoms with E-state index in [0.717, 1.165) is 13.1 Å². The van der Waals surface area contributed by atoms with Crippen LogP contribution in [0.15, 0.2) is 0 Å². The lowest BCUT2D eigenvalue weighted by Gasteiger charge is -2.28. The van der Waals surface area contributed by atoms with Crippen LogP contribution in [0.5, 0.6) is 0 Å². The van der Waals surface area contributed by atoms with E-state index in [-0.39, 0.29) is 11.4 Å². The summed E-state index contributed by atoms with van der Waals surface area (Å²) in [5, 5.41) is 7.08. The van der Waals surface area contributed by atoms with Gasteiger partial charge in [-0.25, -0.2) is 0 Å². The van der Waals surface area contributed by atoms with Crippen LogP contribution in [0.25, 0.3) is 0 Å². The number of nitrogens with zero attached hydrogens (tertiary/aromatic N) is 1. The van der Waals surface area contributed by atoms with Gasteiger partial charge in [-0.1, -0.05) is 0 Å². The van der Waals surface area contributed by atoms with E-state index in [2.05, 4.69) is 4.90 Å². The van der Waals surface area contributed by atoms with Crippen LogP contribution in [0, 0.1) is 5.41 Å². The summed E-state index contributed by atoms with van der Waals surface area (Å²) in [7, 11) is 3.71. The molecule has 0 radical (unpaired) electrons. The third-order valence-corrected chi connectivity index (χ3v) is 1.97. The molecule has 0 spiro atoms. The van der Waals surface area contributed by atoms with Crippen molar-refractivity contribution in [1.82, 2.24) is 4.90 Å². The van der Waals surface area contributed by atoms with E-state index in [1.165, 1.54) is 0 Å². The molecule has 0 aliphatic carbocycles. The van der Waals surface area contributed by atoms with Crippen molar-refractivity contribution in [3.05, 3.63) is 0 Å². The number of ether oxygens (including phenoxy) is 1. The molecule has 13 heavy (non-hydrogen) atoms. The van der Waals surface area contributed by atoms with Crippen LogP contribution in [-0.4, -0.2) is 43.6 Å². The first kappa shape index (κ1) is 12.4. The molecule has 0 bridgehead atoms. The molecule has 78 valence electrons. The molecule has 4 nitrogen and oxygen atoms in total. The van der Waals surface area contributed by atoms with Crippen LogP contribution in [0.3, 0.4) is 0 Å². The van der Waals surface area contributed by atoms with Crippen molar-refractivity contribution in [3.8, 4) is 0 Å². The molecule has 0 aliphatic rings. The number of amidine groups is 1. The van der Waals surface area contributed by atoms with Gasteiger partial charge < -0.3 is 15.4 Å². The lowest BCUT2D eigenvalue weighted by molar-refractivity contribution is -0.00143. The lowest BCUT2D eigenvalue weighted by Crippen LogP contribution is -2.39. The quantitative estimate of drug-likeness (QED) is 0.474. The highest BCUT2D eigenvalue weighted by Crippen LogP contribution is 2.08. The SMILES string of the molecule is COC(C)(C)CN(C)CCC(=N)N. The van der Waals surface area contributed by atoms with Gasteiger partial charge in [0.1, 0.15) is 0 Å². The van der Waals surface area contributed by atoms with E-state index in [9.17, 15) is 0 Å². The Morgan fingerprint density at radius 3 is 2.46 bits per heavy atom. The van der Waals surface area contributed by atoms with Crippen molar-refractivity contribution < 1.29 is 4.74 Å². The number of likely N-dealkylation sites (N-methyl/N-ethyl adjacent to an activating group) is 1. The molecule has 0 saturated heterocycles. The monoisotopic (exact) mass is 187 g/mol. The first-order valence-corrected chi connectivity index (χ1v) is 4.44. The Balaban J connectivity index is 3.73. The van der Waals surface area contributed by atoms with Crippen molar-refractivity contribution in [2.24, 2.45) is 5.73 Å². The maximum Gasteiger partial charge on any atom is 0.0918 e. The minimum atomic E-state index is -0.133. The number of hydrogen-bond donors (Lipinski definition) is 2. The standard InChI is InChI=1S/C9H21N3O/c1-9(2,13-4)7-12(3)6-5-8(10)11/h5-7H2,1-4H3,(H3,10,11). The van der Waals surface area contributed by atoms with Gasteiger partial charge in [-0.3, -0.25) is 5.41 Å². The summed E-state index contributed by atoms with van der Waals surface area (Å²) in [4.78, 5) is 2.12. The highest BCUT2D eigenvalue weighted by atomic mass is 16.5. The molecule has 0 fully saturated rings. The molecule has 0 aliphatic heterocycles. The average Bonchev–Trinajstić information content (AvgIpc) is 2.00. The number of nitrogens with one attached hydrogen (secondary N) is 1. The molecule has 3 N–H and O–H groups in total. The van der Waals surface area contributed by atoms with Gasteiger partial charge in [0.15, 0.2) is 0 Å². The van der Waals surface area contributed by atoms with Crippen LogP contribution in [-0.2, 0) is 4.74 Å². The highest BCUT2D eigenvalue weighted by Gasteiger charge is 2.18. The fraction of sp³-hybridized carbons (Fsp3) is 0.889. The van der Waals surface area contributed by atoms with Gasteiger partial charge in [-0.15, -0.1) is 0 Å². The molecular weight excluding hydrogens is 166 g/mol. The maximum absolute atomic E-state index is 7.08. The molecule has 0 atom stereocenters. The summed E-state index contributed by atoms with van der Waals surface area (Å²) in [5.74, 6) is 0.238.